The second kappa shape index (κ2) is 7.84. The van der Waals surface area contributed by atoms with Crippen molar-refractivity contribution in [3.8, 4) is 11.3 Å². The van der Waals surface area contributed by atoms with Gasteiger partial charge in [0.15, 0.2) is 5.76 Å². The van der Waals surface area contributed by atoms with Crippen LogP contribution in [0.2, 0.25) is 0 Å². The maximum absolute atomic E-state index is 12.3. The lowest BCUT2D eigenvalue weighted by molar-refractivity contribution is 0.0460. The third-order valence-electron chi connectivity index (χ3n) is 3.38. The van der Waals surface area contributed by atoms with Crippen LogP contribution in [0.15, 0.2) is 70.1 Å². The zero-order valence-corrected chi connectivity index (χ0v) is 14.1. The summed E-state index contributed by atoms with van der Waals surface area (Å²) in [6, 6.07) is 18.9. The molecule has 0 unspecified atom stereocenters. The molecular weight excluding hydrogens is 322 g/mol. The van der Waals surface area contributed by atoms with Crippen LogP contribution in [0.1, 0.15) is 23.0 Å². The molecule has 0 atom stereocenters. The Kier molecular flexibility index (Phi) is 5.33. The van der Waals surface area contributed by atoms with E-state index in [0.29, 0.717) is 17.0 Å². The summed E-state index contributed by atoms with van der Waals surface area (Å²) in [6.07, 6.45) is 0. The van der Waals surface area contributed by atoms with Crippen molar-refractivity contribution in [1.82, 2.24) is 5.16 Å². The van der Waals surface area contributed by atoms with Gasteiger partial charge in [0.25, 0.3) is 0 Å². The van der Waals surface area contributed by atoms with Gasteiger partial charge in [0.2, 0.25) is 0 Å². The van der Waals surface area contributed by atoms with Crippen LogP contribution in [0.5, 0.6) is 0 Å². The second-order valence-electron chi connectivity index (χ2n) is 5.05. The Labute approximate surface area is 144 Å². The van der Waals surface area contributed by atoms with Gasteiger partial charge in [-0.2, -0.15) is 0 Å². The third kappa shape index (κ3) is 3.86. The summed E-state index contributed by atoms with van der Waals surface area (Å²) in [7, 11) is 0. The van der Waals surface area contributed by atoms with Crippen LogP contribution < -0.4 is 0 Å². The Morgan fingerprint density at radius 3 is 2.67 bits per heavy atom. The molecular formula is C19H17NO3S. The van der Waals surface area contributed by atoms with Crippen LogP contribution in [-0.2, 0) is 11.3 Å². The molecule has 0 N–H and O–H groups in total. The minimum atomic E-state index is -0.351. The summed E-state index contributed by atoms with van der Waals surface area (Å²) in [6.45, 7) is 2.13. The zero-order chi connectivity index (χ0) is 16.8. The van der Waals surface area contributed by atoms with E-state index in [2.05, 4.69) is 5.16 Å². The van der Waals surface area contributed by atoms with Crippen molar-refractivity contribution in [3.05, 3.63) is 71.9 Å². The molecule has 0 aliphatic heterocycles. The van der Waals surface area contributed by atoms with Gasteiger partial charge in [-0.3, -0.25) is 0 Å². The maximum atomic E-state index is 12.3. The van der Waals surface area contributed by atoms with Gasteiger partial charge in [0.1, 0.15) is 12.3 Å². The fourth-order valence-corrected chi connectivity index (χ4v) is 3.04. The Balaban J connectivity index is 1.66. The van der Waals surface area contributed by atoms with Crippen LogP contribution in [0.4, 0.5) is 0 Å². The molecule has 3 rings (SSSR count). The van der Waals surface area contributed by atoms with Crippen LogP contribution in [0, 0.1) is 0 Å². The second-order valence-corrected chi connectivity index (χ2v) is 6.36. The number of hydrogen-bond acceptors (Lipinski definition) is 5. The molecule has 0 fully saturated rings. The van der Waals surface area contributed by atoms with Crippen molar-refractivity contribution in [2.75, 3.05) is 5.75 Å². The summed E-state index contributed by atoms with van der Waals surface area (Å²) in [4.78, 5) is 13.2. The van der Waals surface area contributed by atoms with Crippen LogP contribution >= 0.6 is 11.8 Å². The number of nitrogens with zero attached hydrogens (tertiary/aromatic N) is 1. The van der Waals surface area contributed by atoms with Crippen molar-refractivity contribution >= 4 is 17.7 Å². The molecule has 3 aromatic rings. The SMILES string of the molecule is CCSc1ccccc1C(=O)OCc1cc(-c2ccccc2)on1. The van der Waals surface area contributed by atoms with E-state index < -0.39 is 0 Å². The molecule has 0 aliphatic carbocycles. The van der Waals surface area contributed by atoms with E-state index in [0.717, 1.165) is 16.2 Å². The lowest BCUT2D eigenvalue weighted by atomic mass is 10.2. The highest BCUT2D eigenvalue weighted by molar-refractivity contribution is 7.99. The fourth-order valence-electron chi connectivity index (χ4n) is 2.25. The minimum absolute atomic E-state index is 0.0836. The Morgan fingerprint density at radius 2 is 1.88 bits per heavy atom. The Hall–Kier alpha value is -2.53. The summed E-state index contributed by atoms with van der Waals surface area (Å²) in [5, 5.41) is 3.96. The molecule has 24 heavy (non-hydrogen) atoms. The van der Waals surface area contributed by atoms with Crippen molar-refractivity contribution < 1.29 is 14.1 Å². The van der Waals surface area contributed by atoms with Gasteiger partial charge < -0.3 is 9.26 Å². The molecule has 1 aromatic heterocycles. The molecule has 0 bridgehead atoms. The van der Waals surface area contributed by atoms with E-state index >= 15 is 0 Å². The van der Waals surface area contributed by atoms with E-state index in [1.165, 1.54) is 0 Å². The topological polar surface area (TPSA) is 52.3 Å². The molecule has 0 spiro atoms. The van der Waals surface area contributed by atoms with Crippen LogP contribution in [0.3, 0.4) is 0 Å². The summed E-state index contributed by atoms with van der Waals surface area (Å²) < 4.78 is 10.7. The van der Waals surface area contributed by atoms with Gasteiger partial charge in [-0.05, 0) is 17.9 Å². The van der Waals surface area contributed by atoms with E-state index in [1.54, 1.807) is 23.9 Å². The van der Waals surface area contributed by atoms with E-state index in [-0.39, 0.29) is 12.6 Å². The molecule has 122 valence electrons. The summed E-state index contributed by atoms with van der Waals surface area (Å²) in [5.74, 6) is 1.20. The largest absolute Gasteiger partial charge is 0.455 e. The molecule has 0 saturated heterocycles. The Morgan fingerprint density at radius 1 is 1.12 bits per heavy atom. The molecule has 0 saturated carbocycles. The summed E-state index contributed by atoms with van der Waals surface area (Å²) in [5.41, 5.74) is 2.10. The normalized spacial score (nSPS) is 10.5. The number of aromatic nitrogens is 1. The zero-order valence-electron chi connectivity index (χ0n) is 13.3. The predicted octanol–water partition coefficient (Wildman–Crippen LogP) is 4.81. The number of ether oxygens (including phenoxy) is 1. The lowest BCUT2D eigenvalue weighted by Crippen LogP contribution is -2.06. The number of esters is 1. The third-order valence-corrected chi connectivity index (χ3v) is 4.33. The molecule has 0 amide bonds. The molecule has 0 radical (unpaired) electrons. The average Bonchev–Trinajstić information content (AvgIpc) is 3.10. The number of benzene rings is 2. The first kappa shape index (κ1) is 16.3. The van der Waals surface area contributed by atoms with Crippen LogP contribution in [0.25, 0.3) is 11.3 Å². The van der Waals surface area contributed by atoms with Crippen molar-refractivity contribution in [1.29, 1.82) is 0 Å². The number of thioether (sulfide) groups is 1. The lowest BCUT2D eigenvalue weighted by Gasteiger charge is -2.07. The van der Waals surface area contributed by atoms with Crippen LogP contribution in [-0.4, -0.2) is 16.9 Å². The smallest absolute Gasteiger partial charge is 0.339 e. The Bertz CT molecular complexity index is 814. The minimum Gasteiger partial charge on any atom is -0.455 e. The quantitative estimate of drug-likeness (QED) is 0.476. The predicted molar refractivity (Wildman–Crippen MR) is 93.9 cm³/mol. The van der Waals surface area contributed by atoms with E-state index in [4.69, 9.17) is 9.26 Å². The van der Waals surface area contributed by atoms with Crippen molar-refractivity contribution in [2.24, 2.45) is 0 Å². The highest BCUT2D eigenvalue weighted by atomic mass is 32.2. The van der Waals surface area contributed by atoms with Gasteiger partial charge >= 0.3 is 5.97 Å². The molecule has 2 aromatic carbocycles. The number of carbonyl (C=O) groups excluding carboxylic acids is 1. The standard InChI is InChI=1S/C19H17NO3S/c1-2-24-18-11-7-6-10-16(18)19(21)22-13-15-12-17(23-20-15)14-8-4-3-5-9-14/h3-12H,2,13H2,1H3. The van der Waals surface area contributed by atoms with E-state index in [9.17, 15) is 4.79 Å². The first-order valence-corrected chi connectivity index (χ1v) is 8.66. The number of rotatable bonds is 6. The van der Waals surface area contributed by atoms with Crippen molar-refractivity contribution in [3.63, 3.8) is 0 Å². The number of hydrogen-bond donors (Lipinski definition) is 0. The summed E-state index contributed by atoms with van der Waals surface area (Å²) >= 11 is 1.62. The van der Waals surface area contributed by atoms with Gasteiger partial charge in [0.05, 0.1) is 5.56 Å². The van der Waals surface area contributed by atoms with E-state index in [1.807, 2.05) is 55.5 Å². The van der Waals surface area contributed by atoms with Crippen molar-refractivity contribution in [2.45, 2.75) is 18.4 Å². The average molecular weight is 339 g/mol. The van der Waals surface area contributed by atoms with Gasteiger partial charge in [-0.25, -0.2) is 4.79 Å². The fraction of sp³-hybridized carbons (Fsp3) is 0.158. The van der Waals surface area contributed by atoms with Gasteiger partial charge in [-0.1, -0.05) is 54.5 Å². The first-order valence-electron chi connectivity index (χ1n) is 7.68. The maximum Gasteiger partial charge on any atom is 0.339 e. The van der Waals surface area contributed by atoms with Gasteiger partial charge in [0, 0.05) is 16.5 Å². The highest BCUT2D eigenvalue weighted by Gasteiger charge is 2.14. The molecule has 1 heterocycles. The highest BCUT2D eigenvalue weighted by Crippen LogP contribution is 2.24. The monoisotopic (exact) mass is 339 g/mol. The van der Waals surface area contributed by atoms with Gasteiger partial charge in [-0.15, -0.1) is 11.8 Å². The molecule has 4 nitrogen and oxygen atoms in total. The molecule has 5 heteroatoms. The number of carbonyl (C=O) groups is 1. The first-order chi connectivity index (χ1) is 11.8. The molecule has 0 aliphatic rings.